The Hall–Kier alpha value is -1.60. The maximum Gasteiger partial charge on any atom is 0.227 e. The number of amides is 1. The molecule has 7 heteroatoms. The number of benzene rings is 1. The Bertz CT molecular complexity index is 605. The molecule has 0 atom stereocenters. The Balaban J connectivity index is 1.89. The van der Waals surface area contributed by atoms with E-state index in [4.69, 9.17) is 4.74 Å². The second kappa shape index (κ2) is 7.11. The van der Waals surface area contributed by atoms with E-state index in [1.54, 1.807) is 38.3 Å². The standard InChI is InChI=1S/C15H22N2O4S/c1-3-22(19,20)17-10-8-12(9-11-17)15(18)16-13-4-6-14(21-2)7-5-13/h4-7,12H,3,8-11H2,1-2H3,(H,16,18). The fraction of sp³-hybridized carbons (Fsp3) is 0.533. The third kappa shape index (κ3) is 3.98. The van der Waals surface area contributed by atoms with Crippen molar-refractivity contribution < 1.29 is 17.9 Å². The first-order chi connectivity index (χ1) is 10.5. The molecular formula is C15H22N2O4S. The van der Waals surface area contributed by atoms with E-state index in [1.807, 2.05) is 0 Å². The van der Waals surface area contributed by atoms with Gasteiger partial charge in [0, 0.05) is 24.7 Å². The number of hydrogen-bond acceptors (Lipinski definition) is 4. The van der Waals surface area contributed by atoms with Crippen LogP contribution in [0.3, 0.4) is 0 Å². The molecule has 0 radical (unpaired) electrons. The Morgan fingerprint density at radius 1 is 1.27 bits per heavy atom. The van der Waals surface area contributed by atoms with Gasteiger partial charge in [-0.3, -0.25) is 4.79 Å². The van der Waals surface area contributed by atoms with Crippen LogP contribution in [-0.2, 0) is 14.8 Å². The van der Waals surface area contributed by atoms with Crippen molar-refractivity contribution in [2.75, 3.05) is 31.3 Å². The molecule has 1 aromatic carbocycles. The zero-order valence-electron chi connectivity index (χ0n) is 12.9. The number of nitrogens with one attached hydrogen (secondary N) is 1. The van der Waals surface area contributed by atoms with Crippen molar-refractivity contribution in [2.45, 2.75) is 19.8 Å². The van der Waals surface area contributed by atoms with Gasteiger partial charge in [-0.25, -0.2) is 12.7 Å². The van der Waals surface area contributed by atoms with Gasteiger partial charge < -0.3 is 10.1 Å². The summed E-state index contributed by atoms with van der Waals surface area (Å²) in [5.41, 5.74) is 0.717. The van der Waals surface area contributed by atoms with Gasteiger partial charge in [0.2, 0.25) is 15.9 Å². The number of carbonyl (C=O) groups is 1. The number of piperidine rings is 1. The number of hydrogen-bond donors (Lipinski definition) is 1. The van der Waals surface area contributed by atoms with Gasteiger partial charge >= 0.3 is 0 Å². The zero-order valence-corrected chi connectivity index (χ0v) is 13.7. The molecule has 6 nitrogen and oxygen atoms in total. The van der Waals surface area contributed by atoms with E-state index in [0.717, 1.165) is 11.4 Å². The van der Waals surface area contributed by atoms with E-state index >= 15 is 0 Å². The largest absolute Gasteiger partial charge is 0.497 e. The monoisotopic (exact) mass is 326 g/mol. The van der Waals surface area contributed by atoms with Gasteiger partial charge in [0.15, 0.2) is 0 Å². The second-order valence-corrected chi connectivity index (χ2v) is 7.55. The molecule has 1 heterocycles. The average Bonchev–Trinajstić information content (AvgIpc) is 2.55. The van der Waals surface area contributed by atoms with Crippen molar-refractivity contribution in [1.82, 2.24) is 4.31 Å². The van der Waals surface area contributed by atoms with Gasteiger partial charge in [0.1, 0.15) is 5.75 Å². The lowest BCUT2D eigenvalue weighted by Gasteiger charge is -2.30. The number of methoxy groups -OCH3 is 1. The maximum absolute atomic E-state index is 12.2. The van der Waals surface area contributed by atoms with Crippen LogP contribution in [0.4, 0.5) is 5.69 Å². The molecule has 0 saturated carbocycles. The zero-order chi connectivity index (χ0) is 16.2. The highest BCUT2D eigenvalue weighted by atomic mass is 32.2. The summed E-state index contributed by atoms with van der Waals surface area (Å²) in [7, 11) is -1.56. The predicted molar refractivity (Wildman–Crippen MR) is 85.4 cm³/mol. The molecule has 22 heavy (non-hydrogen) atoms. The first kappa shape index (κ1) is 16.8. The summed E-state index contributed by atoms with van der Waals surface area (Å²) >= 11 is 0. The predicted octanol–water partition coefficient (Wildman–Crippen LogP) is 1.70. The number of sulfonamides is 1. The van der Waals surface area contributed by atoms with Crippen molar-refractivity contribution in [1.29, 1.82) is 0 Å². The van der Waals surface area contributed by atoms with Crippen LogP contribution in [0.2, 0.25) is 0 Å². The van der Waals surface area contributed by atoms with E-state index in [-0.39, 0.29) is 17.6 Å². The van der Waals surface area contributed by atoms with Crippen LogP contribution in [0.1, 0.15) is 19.8 Å². The Morgan fingerprint density at radius 3 is 2.36 bits per heavy atom. The van der Waals surface area contributed by atoms with Gasteiger partial charge in [0.25, 0.3) is 0 Å². The summed E-state index contributed by atoms with van der Waals surface area (Å²) in [6.45, 7) is 2.46. The van der Waals surface area contributed by atoms with Crippen LogP contribution in [0.5, 0.6) is 5.75 Å². The molecule has 0 aromatic heterocycles. The Kier molecular flexibility index (Phi) is 5.42. The van der Waals surface area contributed by atoms with Crippen molar-refractivity contribution in [3.8, 4) is 5.75 Å². The van der Waals surface area contributed by atoms with E-state index in [1.165, 1.54) is 4.31 Å². The van der Waals surface area contributed by atoms with Crippen molar-refractivity contribution in [3.05, 3.63) is 24.3 Å². The number of anilines is 1. The van der Waals surface area contributed by atoms with E-state index in [2.05, 4.69) is 5.32 Å². The average molecular weight is 326 g/mol. The van der Waals surface area contributed by atoms with Crippen molar-refractivity contribution in [2.24, 2.45) is 5.92 Å². The lowest BCUT2D eigenvalue weighted by molar-refractivity contribution is -0.120. The van der Waals surface area contributed by atoms with Crippen molar-refractivity contribution in [3.63, 3.8) is 0 Å². The third-order valence-corrected chi connectivity index (χ3v) is 5.82. The van der Waals surface area contributed by atoms with Gasteiger partial charge in [-0.15, -0.1) is 0 Å². The number of nitrogens with zero attached hydrogens (tertiary/aromatic N) is 1. The fourth-order valence-electron chi connectivity index (χ4n) is 2.50. The van der Waals surface area contributed by atoms with Crippen LogP contribution >= 0.6 is 0 Å². The van der Waals surface area contributed by atoms with Crippen LogP contribution in [0, 0.1) is 5.92 Å². The fourth-order valence-corrected chi connectivity index (χ4v) is 3.63. The Labute approximate surface area is 131 Å². The molecular weight excluding hydrogens is 304 g/mol. The Morgan fingerprint density at radius 2 is 1.86 bits per heavy atom. The summed E-state index contributed by atoms with van der Waals surface area (Å²) in [4.78, 5) is 12.2. The first-order valence-electron chi connectivity index (χ1n) is 7.39. The molecule has 1 N–H and O–H groups in total. The molecule has 1 fully saturated rings. The van der Waals surface area contributed by atoms with Gasteiger partial charge in [-0.2, -0.15) is 0 Å². The quantitative estimate of drug-likeness (QED) is 0.893. The molecule has 122 valence electrons. The molecule has 1 saturated heterocycles. The molecule has 0 spiro atoms. The summed E-state index contributed by atoms with van der Waals surface area (Å²) in [5, 5.41) is 2.87. The normalized spacial score (nSPS) is 17.2. The molecule has 0 aliphatic carbocycles. The van der Waals surface area contributed by atoms with Crippen LogP contribution in [0.15, 0.2) is 24.3 Å². The molecule has 0 unspecified atom stereocenters. The third-order valence-electron chi connectivity index (χ3n) is 3.94. The SMILES string of the molecule is CCS(=O)(=O)N1CCC(C(=O)Nc2ccc(OC)cc2)CC1. The number of carbonyl (C=O) groups excluding carboxylic acids is 1. The van der Waals surface area contributed by atoms with E-state index < -0.39 is 10.0 Å². The minimum Gasteiger partial charge on any atom is -0.497 e. The minimum atomic E-state index is -3.15. The van der Waals surface area contributed by atoms with E-state index in [9.17, 15) is 13.2 Å². The van der Waals surface area contributed by atoms with E-state index in [0.29, 0.717) is 25.9 Å². The minimum absolute atomic E-state index is 0.0567. The van der Waals surface area contributed by atoms with Gasteiger partial charge in [-0.05, 0) is 44.0 Å². The molecule has 1 aromatic rings. The number of rotatable bonds is 5. The van der Waals surface area contributed by atoms with Crippen LogP contribution in [0.25, 0.3) is 0 Å². The molecule has 2 rings (SSSR count). The van der Waals surface area contributed by atoms with Crippen LogP contribution in [-0.4, -0.2) is 44.6 Å². The molecule has 1 amide bonds. The highest BCUT2D eigenvalue weighted by Gasteiger charge is 2.30. The van der Waals surface area contributed by atoms with Gasteiger partial charge in [-0.1, -0.05) is 0 Å². The lowest BCUT2D eigenvalue weighted by atomic mass is 9.97. The maximum atomic E-state index is 12.2. The molecule has 1 aliphatic heterocycles. The molecule has 1 aliphatic rings. The van der Waals surface area contributed by atoms with Crippen LogP contribution < -0.4 is 10.1 Å². The number of ether oxygens (including phenoxy) is 1. The highest BCUT2D eigenvalue weighted by Crippen LogP contribution is 2.22. The summed E-state index contributed by atoms with van der Waals surface area (Å²) in [5.74, 6) is 0.635. The second-order valence-electron chi connectivity index (χ2n) is 5.29. The first-order valence-corrected chi connectivity index (χ1v) is 9.00. The smallest absolute Gasteiger partial charge is 0.227 e. The summed E-state index contributed by atoms with van der Waals surface area (Å²) in [6.07, 6.45) is 1.11. The topological polar surface area (TPSA) is 75.7 Å². The summed E-state index contributed by atoms with van der Waals surface area (Å²) < 4.78 is 30.1. The lowest BCUT2D eigenvalue weighted by Crippen LogP contribution is -2.42. The van der Waals surface area contributed by atoms with Gasteiger partial charge in [0.05, 0.1) is 12.9 Å². The molecule has 0 bridgehead atoms. The summed E-state index contributed by atoms with van der Waals surface area (Å²) in [6, 6.07) is 7.14. The van der Waals surface area contributed by atoms with Crippen molar-refractivity contribution >= 4 is 21.6 Å². The highest BCUT2D eigenvalue weighted by molar-refractivity contribution is 7.89.